The van der Waals surface area contributed by atoms with Gasteiger partial charge in [-0.3, -0.25) is 4.79 Å². The second-order valence-corrected chi connectivity index (χ2v) is 3.77. The Morgan fingerprint density at radius 3 is 2.23 bits per heavy atom. The van der Waals surface area contributed by atoms with Gasteiger partial charge in [0.2, 0.25) is 0 Å². The molecule has 1 spiro atoms. The minimum absolute atomic E-state index is 0.301. The van der Waals surface area contributed by atoms with Crippen molar-refractivity contribution < 1.29 is 19.4 Å². The highest BCUT2D eigenvalue weighted by Gasteiger charge is 2.41. The average Bonchev–Trinajstić information content (AvgIpc) is 2.54. The van der Waals surface area contributed by atoms with Crippen molar-refractivity contribution >= 4 is 5.97 Å². The van der Waals surface area contributed by atoms with E-state index in [4.69, 9.17) is 14.6 Å². The van der Waals surface area contributed by atoms with E-state index in [1.165, 1.54) is 0 Å². The summed E-state index contributed by atoms with van der Waals surface area (Å²) in [5.41, 5.74) is 0. The zero-order valence-electron chi connectivity index (χ0n) is 7.49. The summed E-state index contributed by atoms with van der Waals surface area (Å²) in [6.07, 6.45) is 4.08. The van der Waals surface area contributed by atoms with E-state index in [1.807, 2.05) is 0 Å². The van der Waals surface area contributed by atoms with Gasteiger partial charge in [-0.1, -0.05) is 0 Å². The molecule has 2 aliphatic rings. The zero-order valence-corrected chi connectivity index (χ0v) is 7.49. The fourth-order valence-corrected chi connectivity index (χ4v) is 1.94. The Balaban J connectivity index is 1.91. The maximum absolute atomic E-state index is 10.6. The maximum Gasteiger partial charge on any atom is 0.311 e. The van der Waals surface area contributed by atoms with E-state index < -0.39 is 17.7 Å². The van der Waals surface area contributed by atoms with Crippen molar-refractivity contribution in [1.29, 1.82) is 0 Å². The van der Waals surface area contributed by atoms with E-state index in [2.05, 4.69) is 0 Å². The third-order valence-electron chi connectivity index (χ3n) is 2.81. The Morgan fingerprint density at radius 1 is 1.23 bits per heavy atom. The zero-order chi connectivity index (χ0) is 9.31. The van der Waals surface area contributed by atoms with Gasteiger partial charge in [-0.25, -0.2) is 0 Å². The predicted octanol–water partition coefficient (Wildman–Crippen LogP) is 1.00. The summed E-state index contributed by atoms with van der Waals surface area (Å²) in [5.74, 6) is -1.73. The number of hydrogen-bond acceptors (Lipinski definition) is 3. The van der Waals surface area contributed by atoms with Crippen molar-refractivity contribution in [2.45, 2.75) is 31.5 Å². The normalized spacial score (nSPS) is 28.0. The lowest BCUT2D eigenvalue weighted by Gasteiger charge is -2.36. The predicted molar refractivity (Wildman–Crippen MR) is 44.2 cm³/mol. The lowest BCUT2D eigenvalue weighted by atomic mass is 10.1. The average molecular weight is 186 g/mol. The molecule has 0 amide bonds. The van der Waals surface area contributed by atoms with Crippen molar-refractivity contribution in [2.24, 2.45) is 5.92 Å². The Bertz CT molecular complexity index is 198. The molecule has 4 nitrogen and oxygen atoms in total. The van der Waals surface area contributed by atoms with Gasteiger partial charge in [0.05, 0.1) is 13.2 Å². The Labute approximate surface area is 76.8 Å². The maximum atomic E-state index is 10.6. The molecule has 1 aliphatic heterocycles. The first kappa shape index (κ1) is 8.97. The summed E-state index contributed by atoms with van der Waals surface area (Å²) in [5, 5.41) is 8.71. The van der Waals surface area contributed by atoms with Crippen LogP contribution in [0.25, 0.3) is 0 Å². The second-order valence-electron chi connectivity index (χ2n) is 3.77. The monoisotopic (exact) mass is 186 g/mol. The van der Waals surface area contributed by atoms with Gasteiger partial charge in [0.1, 0.15) is 5.92 Å². The van der Waals surface area contributed by atoms with Gasteiger partial charge in [-0.05, 0) is 12.8 Å². The number of aliphatic carboxylic acids is 1. The van der Waals surface area contributed by atoms with Gasteiger partial charge in [0.25, 0.3) is 0 Å². The third kappa shape index (κ3) is 1.69. The highest BCUT2D eigenvalue weighted by molar-refractivity contribution is 5.70. The Hall–Kier alpha value is -0.610. The fourth-order valence-electron chi connectivity index (χ4n) is 1.94. The number of hydrogen-bond donors (Lipinski definition) is 1. The molecule has 1 aliphatic carbocycles. The molecule has 0 aromatic heterocycles. The molecule has 0 aromatic rings. The van der Waals surface area contributed by atoms with Crippen LogP contribution in [0.5, 0.6) is 0 Å². The molecular formula is C9H14O4. The van der Waals surface area contributed by atoms with Crippen molar-refractivity contribution in [3.05, 3.63) is 0 Å². The highest BCUT2D eigenvalue weighted by Crippen LogP contribution is 2.37. The van der Waals surface area contributed by atoms with Crippen molar-refractivity contribution in [1.82, 2.24) is 0 Å². The summed E-state index contributed by atoms with van der Waals surface area (Å²) in [4.78, 5) is 10.6. The van der Waals surface area contributed by atoms with Crippen molar-refractivity contribution in [3.63, 3.8) is 0 Å². The van der Waals surface area contributed by atoms with Gasteiger partial charge in [0, 0.05) is 12.8 Å². The van der Waals surface area contributed by atoms with E-state index >= 15 is 0 Å². The van der Waals surface area contributed by atoms with Gasteiger partial charge in [0.15, 0.2) is 5.79 Å². The smallest absolute Gasteiger partial charge is 0.311 e. The first-order chi connectivity index (χ1) is 6.22. The molecule has 13 heavy (non-hydrogen) atoms. The first-order valence-corrected chi connectivity index (χ1v) is 4.73. The lowest BCUT2D eigenvalue weighted by Crippen LogP contribution is -2.44. The molecule has 0 bridgehead atoms. The van der Waals surface area contributed by atoms with Crippen LogP contribution in [0.2, 0.25) is 0 Å². The SMILES string of the molecule is O=C(O)C1COC2(CCCC2)OC1. The van der Waals surface area contributed by atoms with Crippen LogP contribution in [-0.4, -0.2) is 30.1 Å². The van der Waals surface area contributed by atoms with Crippen LogP contribution in [0.15, 0.2) is 0 Å². The summed E-state index contributed by atoms with van der Waals surface area (Å²) < 4.78 is 11.0. The molecule has 0 atom stereocenters. The molecule has 1 saturated heterocycles. The quantitative estimate of drug-likeness (QED) is 0.663. The number of carbonyl (C=O) groups is 1. The molecule has 1 N–H and O–H groups in total. The topological polar surface area (TPSA) is 55.8 Å². The summed E-state index contributed by atoms with van der Waals surface area (Å²) in [6.45, 7) is 0.602. The Kier molecular flexibility index (Phi) is 2.26. The van der Waals surface area contributed by atoms with Gasteiger partial charge < -0.3 is 14.6 Å². The molecular weight excluding hydrogens is 172 g/mol. The van der Waals surface area contributed by atoms with Crippen LogP contribution >= 0.6 is 0 Å². The summed E-state index contributed by atoms with van der Waals surface area (Å²) in [7, 11) is 0. The standard InChI is InChI=1S/C9H14O4/c10-8(11)7-5-12-9(13-6-7)3-1-2-4-9/h7H,1-6H2,(H,10,11). The number of ether oxygens (including phenoxy) is 2. The van der Waals surface area contributed by atoms with E-state index in [9.17, 15) is 4.79 Å². The van der Waals surface area contributed by atoms with Crippen LogP contribution in [0.4, 0.5) is 0 Å². The summed E-state index contributed by atoms with van der Waals surface area (Å²) in [6, 6.07) is 0. The number of carboxylic acids is 1. The second kappa shape index (κ2) is 3.27. The number of rotatable bonds is 1. The summed E-state index contributed by atoms with van der Waals surface area (Å²) >= 11 is 0. The molecule has 2 rings (SSSR count). The molecule has 0 aromatic carbocycles. The molecule has 2 fully saturated rings. The van der Waals surface area contributed by atoms with Gasteiger partial charge in [-0.15, -0.1) is 0 Å². The first-order valence-electron chi connectivity index (χ1n) is 4.73. The van der Waals surface area contributed by atoms with E-state index in [1.54, 1.807) is 0 Å². The lowest BCUT2D eigenvalue weighted by molar-refractivity contribution is -0.277. The van der Waals surface area contributed by atoms with Crippen LogP contribution in [-0.2, 0) is 14.3 Å². The van der Waals surface area contributed by atoms with Crippen LogP contribution < -0.4 is 0 Å². The van der Waals surface area contributed by atoms with Crippen LogP contribution in [0, 0.1) is 5.92 Å². The largest absolute Gasteiger partial charge is 0.481 e. The minimum atomic E-state index is -0.826. The highest BCUT2D eigenvalue weighted by atomic mass is 16.7. The fraction of sp³-hybridized carbons (Fsp3) is 0.889. The van der Waals surface area contributed by atoms with E-state index in [0.29, 0.717) is 13.2 Å². The molecule has 4 heteroatoms. The molecule has 1 saturated carbocycles. The minimum Gasteiger partial charge on any atom is -0.481 e. The van der Waals surface area contributed by atoms with Gasteiger partial charge in [-0.2, -0.15) is 0 Å². The van der Waals surface area contributed by atoms with Crippen LogP contribution in [0.3, 0.4) is 0 Å². The van der Waals surface area contributed by atoms with E-state index in [0.717, 1.165) is 25.7 Å². The van der Waals surface area contributed by atoms with Gasteiger partial charge >= 0.3 is 5.97 Å². The van der Waals surface area contributed by atoms with Crippen LogP contribution in [0.1, 0.15) is 25.7 Å². The molecule has 0 radical (unpaired) electrons. The molecule has 1 heterocycles. The van der Waals surface area contributed by atoms with Crippen molar-refractivity contribution in [3.8, 4) is 0 Å². The van der Waals surface area contributed by atoms with Crippen molar-refractivity contribution in [2.75, 3.05) is 13.2 Å². The Morgan fingerprint density at radius 2 is 1.77 bits per heavy atom. The van der Waals surface area contributed by atoms with E-state index in [-0.39, 0.29) is 0 Å². The number of carboxylic acid groups (broad SMARTS) is 1. The molecule has 74 valence electrons. The molecule has 0 unspecified atom stereocenters. The third-order valence-corrected chi connectivity index (χ3v) is 2.81.